The maximum atomic E-state index is 5.84. The Morgan fingerprint density at radius 1 is 1.56 bits per heavy atom. The van der Waals surface area contributed by atoms with Gasteiger partial charge in [-0.1, -0.05) is 0 Å². The summed E-state index contributed by atoms with van der Waals surface area (Å²) >= 11 is 3.42. The SMILES string of the molecule is CC(C)Oc1c(N)nsc1NCC1(C)CCCS1. The van der Waals surface area contributed by atoms with Crippen molar-refractivity contribution >= 4 is 34.1 Å². The molecule has 4 nitrogen and oxygen atoms in total. The van der Waals surface area contributed by atoms with Gasteiger partial charge in [0.2, 0.25) is 0 Å². The number of rotatable bonds is 5. The van der Waals surface area contributed by atoms with Gasteiger partial charge < -0.3 is 15.8 Å². The van der Waals surface area contributed by atoms with Crippen LogP contribution in [-0.4, -0.2) is 27.5 Å². The van der Waals surface area contributed by atoms with Gasteiger partial charge in [-0.25, -0.2) is 0 Å². The summed E-state index contributed by atoms with van der Waals surface area (Å²) in [5.74, 6) is 2.46. The molecule has 1 fully saturated rings. The normalized spacial score (nSPS) is 23.6. The number of nitrogens with zero attached hydrogens (tertiary/aromatic N) is 1. The van der Waals surface area contributed by atoms with Gasteiger partial charge in [0.15, 0.2) is 16.6 Å². The van der Waals surface area contributed by atoms with Crippen molar-refractivity contribution in [2.45, 2.75) is 44.5 Å². The molecular formula is C12H21N3OS2. The number of nitrogen functional groups attached to an aromatic ring is 1. The van der Waals surface area contributed by atoms with E-state index in [0.29, 0.717) is 16.3 Å². The minimum atomic E-state index is 0.112. The van der Waals surface area contributed by atoms with E-state index in [1.807, 2.05) is 25.6 Å². The van der Waals surface area contributed by atoms with Gasteiger partial charge in [-0.2, -0.15) is 16.1 Å². The van der Waals surface area contributed by atoms with Crippen LogP contribution in [-0.2, 0) is 0 Å². The molecule has 1 unspecified atom stereocenters. The summed E-state index contributed by atoms with van der Waals surface area (Å²) in [5, 5.41) is 4.41. The third-order valence-electron chi connectivity index (χ3n) is 2.95. The first-order valence-electron chi connectivity index (χ1n) is 6.30. The van der Waals surface area contributed by atoms with E-state index in [-0.39, 0.29) is 6.10 Å². The molecule has 1 aromatic heterocycles. The van der Waals surface area contributed by atoms with Gasteiger partial charge >= 0.3 is 0 Å². The van der Waals surface area contributed by atoms with Crippen LogP contribution in [0.4, 0.5) is 10.8 Å². The lowest BCUT2D eigenvalue weighted by atomic mass is 10.1. The second-order valence-corrected chi connectivity index (χ2v) is 7.60. The standard InChI is InChI=1S/C12H21N3OS2/c1-8(2)16-9-10(13)15-18-11(9)14-7-12(3)5-4-6-17-12/h8,14H,4-7H2,1-3H3,(H2,13,15). The molecule has 1 aliphatic rings. The molecule has 0 bridgehead atoms. The smallest absolute Gasteiger partial charge is 0.197 e. The highest BCUT2D eigenvalue weighted by Crippen LogP contribution is 2.40. The first kappa shape index (κ1) is 13.8. The van der Waals surface area contributed by atoms with Crippen LogP contribution in [0.1, 0.15) is 33.6 Å². The van der Waals surface area contributed by atoms with Crippen LogP contribution >= 0.6 is 23.3 Å². The summed E-state index contributed by atoms with van der Waals surface area (Å²) in [4.78, 5) is 0. The van der Waals surface area contributed by atoms with Crippen LogP contribution in [0.2, 0.25) is 0 Å². The molecule has 3 N–H and O–H groups in total. The van der Waals surface area contributed by atoms with E-state index in [1.54, 1.807) is 0 Å². The molecule has 6 heteroatoms. The zero-order valence-electron chi connectivity index (χ0n) is 11.2. The summed E-state index contributed by atoms with van der Waals surface area (Å²) in [6.45, 7) is 7.24. The van der Waals surface area contributed by atoms with E-state index in [1.165, 1.54) is 30.1 Å². The van der Waals surface area contributed by atoms with Gasteiger partial charge in [0.05, 0.1) is 6.10 Å². The van der Waals surface area contributed by atoms with Crippen LogP contribution in [0.5, 0.6) is 5.75 Å². The van der Waals surface area contributed by atoms with Crippen molar-refractivity contribution in [1.29, 1.82) is 0 Å². The first-order chi connectivity index (χ1) is 8.50. The summed E-state index contributed by atoms with van der Waals surface area (Å²) in [6.07, 6.45) is 2.68. The Kier molecular flexibility index (Phi) is 4.27. The van der Waals surface area contributed by atoms with Crippen LogP contribution < -0.4 is 15.8 Å². The first-order valence-corrected chi connectivity index (χ1v) is 8.06. The van der Waals surface area contributed by atoms with Crippen LogP contribution in [0, 0.1) is 0 Å². The van der Waals surface area contributed by atoms with E-state index < -0.39 is 0 Å². The van der Waals surface area contributed by atoms with Gasteiger partial charge in [-0.3, -0.25) is 0 Å². The lowest BCUT2D eigenvalue weighted by Gasteiger charge is -2.23. The highest BCUT2D eigenvalue weighted by molar-refractivity contribution is 8.00. The minimum Gasteiger partial charge on any atom is -0.484 e. The molecule has 18 heavy (non-hydrogen) atoms. The van der Waals surface area contributed by atoms with Crippen molar-refractivity contribution in [2.75, 3.05) is 23.3 Å². The molecule has 0 radical (unpaired) electrons. The van der Waals surface area contributed by atoms with Crippen LogP contribution in [0.15, 0.2) is 0 Å². The fraction of sp³-hybridized carbons (Fsp3) is 0.750. The quantitative estimate of drug-likeness (QED) is 0.871. The molecular weight excluding hydrogens is 266 g/mol. The minimum absolute atomic E-state index is 0.112. The van der Waals surface area contributed by atoms with Crippen molar-refractivity contribution < 1.29 is 4.74 Å². The Labute approximate surface area is 117 Å². The number of nitrogens with two attached hydrogens (primary N) is 1. The van der Waals surface area contributed by atoms with Gasteiger partial charge in [-0.05, 0) is 50.9 Å². The summed E-state index contributed by atoms with van der Waals surface area (Å²) in [5.41, 5.74) is 5.84. The van der Waals surface area contributed by atoms with Gasteiger partial charge in [0, 0.05) is 11.3 Å². The number of thioether (sulfide) groups is 1. The summed E-state index contributed by atoms with van der Waals surface area (Å²) < 4.78 is 10.2. The van der Waals surface area contributed by atoms with Crippen molar-refractivity contribution in [3.05, 3.63) is 0 Å². The Morgan fingerprint density at radius 2 is 2.33 bits per heavy atom. The zero-order chi connectivity index (χ0) is 13.2. The number of anilines is 2. The second kappa shape index (κ2) is 5.57. The van der Waals surface area contributed by atoms with E-state index >= 15 is 0 Å². The monoisotopic (exact) mass is 287 g/mol. The lowest BCUT2D eigenvalue weighted by molar-refractivity contribution is 0.245. The molecule has 102 valence electrons. The molecule has 1 saturated heterocycles. The van der Waals surface area contributed by atoms with Gasteiger partial charge in [0.1, 0.15) is 0 Å². The van der Waals surface area contributed by atoms with E-state index in [0.717, 1.165) is 11.5 Å². The average molecular weight is 287 g/mol. The number of nitrogens with one attached hydrogen (secondary N) is 1. The second-order valence-electron chi connectivity index (χ2n) is 5.15. The Bertz CT molecular complexity index is 400. The maximum absolute atomic E-state index is 5.84. The van der Waals surface area contributed by atoms with Crippen molar-refractivity contribution in [2.24, 2.45) is 0 Å². The molecule has 1 aromatic rings. The Balaban J connectivity index is 2.00. The van der Waals surface area contributed by atoms with E-state index in [9.17, 15) is 0 Å². The average Bonchev–Trinajstić information content (AvgIpc) is 2.86. The summed E-state index contributed by atoms with van der Waals surface area (Å²) in [7, 11) is 0. The van der Waals surface area contributed by atoms with Crippen LogP contribution in [0.25, 0.3) is 0 Å². The number of hydrogen-bond donors (Lipinski definition) is 2. The number of aromatic nitrogens is 1. The molecule has 2 heterocycles. The molecule has 0 spiro atoms. The third-order valence-corrected chi connectivity index (χ3v) is 5.29. The van der Waals surface area contributed by atoms with Crippen LogP contribution in [0.3, 0.4) is 0 Å². The van der Waals surface area contributed by atoms with E-state index in [2.05, 4.69) is 16.6 Å². The van der Waals surface area contributed by atoms with E-state index in [4.69, 9.17) is 10.5 Å². The predicted molar refractivity (Wildman–Crippen MR) is 80.9 cm³/mol. The van der Waals surface area contributed by atoms with Gasteiger partial charge in [-0.15, -0.1) is 0 Å². The third kappa shape index (κ3) is 3.23. The molecule has 1 aliphatic heterocycles. The topological polar surface area (TPSA) is 60.2 Å². The van der Waals surface area contributed by atoms with Gasteiger partial charge in [0.25, 0.3) is 0 Å². The molecule has 0 amide bonds. The fourth-order valence-corrected chi connectivity index (χ4v) is 3.89. The van der Waals surface area contributed by atoms with Crippen molar-refractivity contribution in [3.8, 4) is 5.75 Å². The van der Waals surface area contributed by atoms with Crippen molar-refractivity contribution in [1.82, 2.24) is 4.37 Å². The molecule has 1 atom stereocenters. The Hall–Kier alpha value is -0.620. The largest absolute Gasteiger partial charge is 0.484 e. The number of hydrogen-bond acceptors (Lipinski definition) is 6. The fourth-order valence-electron chi connectivity index (χ4n) is 2.00. The molecule has 0 aliphatic carbocycles. The highest BCUT2D eigenvalue weighted by atomic mass is 32.2. The molecule has 0 saturated carbocycles. The molecule has 0 aromatic carbocycles. The maximum Gasteiger partial charge on any atom is 0.197 e. The molecule has 2 rings (SSSR count). The summed E-state index contributed by atoms with van der Waals surface area (Å²) in [6, 6.07) is 0. The predicted octanol–water partition coefficient (Wildman–Crippen LogP) is 3.21. The van der Waals surface area contributed by atoms with Crippen molar-refractivity contribution in [3.63, 3.8) is 0 Å². The highest BCUT2D eigenvalue weighted by Gasteiger charge is 2.30. The lowest BCUT2D eigenvalue weighted by Crippen LogP contribution is -2.27. The zero-order valence-corrected chi connectivity index (χ0v) is 12.8. The number of ether oxygens (including phenoxy) is 1. The Morgan fingerprint density at radius 3 is 2.94 bits per heavy atom.